The summed E-state index contributed by atoms with van der Waals surface area (Å²) in [6.07, 6.45) is 4.39. The van der Waals surface area contributed by atoms with Gasteiger partial charge in [0.05, 0.1) is 25.5 Å². The smallest absolute Gasteiger partial charge is 0.475 e. The lowest BCUT2D eigenvalue weighted by Crippen LogP contribution is -2.47. The highest BCUT2D eigenvalue weighted by molar-refractivity contribution is 6.43. The van der Waals surface area contributed by atoms with Gasteiger partial charge in [0, 0.05) is 5.92 Å². The number of carbonyl (C=O) groups excluding carboxylic acids is 2. The molecule has 2 aromatic rings. The van der Waals surface area contributed by atoms with Crippen molar-refractivity contribution in [3.05, 3.63) is 65.2 Å². The van der Waals surface area contributed by atoms with Crippen LogP contribution in [0, 0.1) is 5.92 Å². The first-order valence-electron chi connectivity index (χ1n) is 12.1. The summed E-state index contributed by atoms with van der Waals surface area (Å²) in [5.41, 5.74) is 3.24. The topological polar surface area (TPSA) is 108 Å². The Morgan fingerprint density at radius 3 is 2.59 bits per heavy atom. The van der Waals surface area contributed by atoms with Gasteiger partial charge in [0.2, 0.25) is 11.8 Å². The highest BCUT2D eigenvalue weighted by atomic mass is 16.5. The monoisotopic (exact) mass is 466 g/mol. The van der Waals surface area contributed by atoms with Crippen LogP contribution in [0.3, 0.4) is 0 Å². The van der Waals surface area contributed by atoms with Crippen LogP contribution in [0.2, 0.25) is 0 Å². The van der Waals surface area contributed by atoms with Gasteiger partial charge < -0.3 is 25.4 Å². The molecule has 0 saturated heterocycles. The molecular weight excluding hydrogens is 431 g/mol. The largest absolute Gasteiger partial charge is 0.497 e. The van der Waals surface area contributed by atoms with Crippen LogP contribution < -0.4 is 15.4 Å². The van der Waals surface area contributed by atoms with Gasteiger partial charge in [-0.25, -0.2) is 0 Å². The average Bonchev–Trinajstić information content (AvgIpc) is 2.85. The number of unbranched alkanes of at least 4 members (excludes halogenated alkanes) is 1. The number of hydrogen-bond acceptors (Lipinski definition) is 5. The number of carbonyl (C=O) groups is 2. The number of rotatable bonds is 11. The van der Waals surface area contributed by atoms with E-state index in [0.717, 1.165) is 31.2 Å². The zero-order valence-corrected chi connectivity index (χ0v) is 20.0. The predicted molar refractivity (Wildman–Crippen MR) is 132 cm³/mol. The van der Waals surface area contributed by atoms with Crippen molar-refractivity contribution in [2.24, 2.45) is 5.92 Å². The second kappa shape index (κ2) is 12.6. The van der Waals surface area contributed by atoms with E-state index in [4.69, 9.17) is 4.74 Å². The lowest BCUT2D eigenvalue weighted by molar-refractivity contribution is -0.127. The van der Waals surface area contributed by atoms with E-state index in [1.165, 1.54) is 11.1 Å². The summed E-state index contributed by atoms with van der Waals surface area (Å²) in [4.78, 5) is 26.1. The van der Waals surface area contributed by atoms with Gasteiger partial charge in [-0.1, -0.05) is 56.2 Å². The molecule has 3 atom stereocenters. The van der Waals surface area contributed by atoms with E-state index < -0.39 is 19.1 Å². The van der Waals surface area contributed by atoms with Crippen molar-refractivity contribution >= 4 is 18.9 Å². The Hall–Kier alpha value is -2.84. The van der Waals surface area contributed by atoms with Crippen molar-refractivity contribution in [1.29, 1.82) is 0 Å². The van der Waals surface area contributed by atoms with Gasteiger partial charge in [-0.2, -0.15) is 0 Å². The highest BCUT2D eigenvalue weighted by Crippen LogP contribution is 2.28. The summed E-state index contributed by atoms with van der Waals surface area (Å²) in [7, 11) is -0.0671. The van der Waals surface area contributed by atoms with E-state index in [2.05, 4.69) is 22.8 Å². The summed E-state index contributed by atoms with van der Waals surface area (Å²) in [6, 6.07) is 14.9. The molecule has 3 rings (SSSR count). The number of hydrogen-bond donors (Lipinski definition) is 4. The van der Waals surface area contributed by atoms with E-state index in [-0.39, 0.29) is 24.2 Å². The Morgan fingerprint density at radius 2 is 1.88 bits per heavy atom. The van der Waals surface area contributed by atoms with Crippen LogP contribution in [-0.4, -0.2) is 42.0 Å². The molecule has 2 amide bonds. The fourth-order valence-corrected chi connectivity index (χ4v) is 4.49. The first-order valence-corrected chi connectivity index (χ1v) is 12.1. The second-order valence-electron chi connectivity index (χ2n) is 8.98. The lowest BCUT2D eigenvalue weighted by Gasteiger charge is -2.27. The number of ether oxygens (including phenoxy) is 1. The Balaban J connectivity index is 1.73. The highest BCUT2D eigenvalue weighted by Gasteiger charge is 2.29. The molecule has 4 N–H and O–H groups in total. The average molecular weight is 466 g/mol. The lowest BCUT2D eigenvalue weighted by atomic mass is 9.76. The molecule has 0 radical (unpaired) electrons. The fourth-order valence-electron chi connectivity index (χ4n) is 4.49. The van der Waals surface area contributed by atoms with Crippen molar-refractivity contribution in [2.45, 2.75) is 63.9 Å². The Labute approximate surface area is 202 Å². The van der Waals surface area contributed by atoms with Crippen LogP contribution in [0.4, 0.5) is 0 Å². The van der Waals surface area contributed by atoms with E-state index in [9.17, 15) is 19.6 Å². The second-order valence-corrected chi connectivity index (χ2v) is 8.98. The molecule has 182 valence electrons. The van der Waals surface area contributed by atoms with Crippen molar-refractivity contribution in [3.8, 4) is 5.75 Å². The van der Waals surface area contributed by atoms with Crippen LogP contribution in [0.15, 0.2) is 48.5 Å². The zero-order chi connectivity index (χ0) is 24.5. The third kappa shape index (κ3) is 7.08. The quantitative estimate of drug-likeness (QED) is 0.381. The molecule has 0 heterocycles. The minimum absolute atomic E-state index is 0.0163. The fraction of sp³-hybridized carbons (Fsp3) is 0.462. The SMILES string of the molecule is CCCC[C@H](NC(=O)CC(NC(=O)C1CCc2ccccc2C1)c1cccc(OC)c1)B(O)O. The van der Waals surface area contributed by atoms with Crippen LogP contribution in [0.1, 0.15) is 61.8 Å². The van der Waals surface area contributed by atoms with Crippen LogP contribution in [0.5, 0.6) is 5.75 Å². The summed E-state index contributed by atoms with van der Waals surface area (Å²) < 4.78 is 5.33. The van der Waals surface area contributed by atoms with E-state index in [0.29, 0.717) is 18.6 Å². The standard InChI is InChI=1S/C26H35BN2O5/c1-3-4-12-24(27(32)33)29-25(30)17-23(20-10-7-11-22(16-20)34-2)28-26(31)21-14-13-18-8-5-6-9-19(18)15-21/h5-11,16,21,23-24,32-33H,3-4,12-15,17H2,1-2H3,(H,28,31)(H,29,30)/t21?,23?,24-/m0/s1. The number of fused-ring (bicyclic) bond motifs is 1. The minimum Gasteiger partial charge on any atom is -0.497 e. The molecule has 7 nitrogen and oxygen atoms in total. The number of benzene rings is 2. The molecule has 1 aliphatic carbocycles. The predicted octanol–water partition coefficient (Wildman–Crippen LogP) is 2.73. The molecule has 0 aliphatic heterocycles. The first-order chi connectivity index (χ1) is 16.4. The van der Waals surface area contributed by atoms with Gasteiger partial charge in [0.1, 0.15) is 5.75 Å². The van der Waals surface area contributed by atoms with Crippen molar-refractivity contribution in [2.75, 3.05) is 7.11 Å². The molecule has 1 aliphatic rings. The molecule has 2 aromatic carbocycles. The Morgan fingerprint density at radius 1 is 1.12 bits per heavy atom. The number of methoxy groups -OCH3 is 1. The molecule has 8 heteroatoms. The van der Waals surface area contributed by atoms with Gasteiger partial charge in [-0.15, -0.1) is 0 Å². The van der Waals surface area contributed by atoms with Gasteiger partial charge in [0.15, 0.2) is 0 Å². The van der Waals surface area contributed by atoms with E-state index in [1.807, 2.05) is 43.3 Å². The molecule has 0 bridgehead atoms. The summed E-state index contributed by atoms with van der Waals surface area (Å²) in [5, 5.41) is 25.1. The Bertz CT molecular complexity index is 968. The third-order valence-electron chi connectivity index (χ3n) is 6.49. The molecule has 0 aromatic heterocycles. The zero-order valence-electron chi connectivity index (χ0n) is 20.0. The number of nitrogens with one attached hydrogen (secondary N) is 2. The summed E-state index contributed by atoms with van der Waals surface area (Å²) >= 11 is 0. The first kappa shape index (κ1) is 25.8. The van der Waals surface area contributed by atoms with E-state index in [1.54, 1.807) is 7.11 Å². The number of aryl methyl sites for hydroxylation is 1. The number of amides is 2. The maximum Gasteiger partial charge on any atom is 0.475 e. The minimum atomic E-state index is -1.64. The van der Waals surface area contributed by atoms with Gasteiger partial charge in [-0.05, 0) is 54.5 Å². The molecule has 2 unspecified atom stereocenters. The molecule has 0 fully saturated rings. The van der Waals surface area contributed by atoms with Crippen LogP contribution in [0.25, 0.3) is 0 Å². The van der Waals surface area contributed by atoms with Crippen molar-refractivity contribution in [3.63, 3.8) is 0 Å². The van der Waals surface area contributed by atoms with Crippen LogP contribution >= 0.6 is 0 Å². The summed E-state index contributed by atoms with van der Waals surface area (Å²) in [6.45, 7) is 2.00. The molecular formula is C26H35BN2O5. The van der Waals surface area contributed by atoms with Crippen LogP contribution in [-0.2, 0) is 22.4 Å². The maximum absolute atomic E-state index is 13.2. The molecule has 0 spiro atoms. The van der Waals surface area contributed by atoms with Crippen molar-refractivity contribution < 1.29 is 24.4 Å². The van der Waals surface area contributed by atoms with Gasteiger partial charge in [0.25, 0.3) is 0 Å². The molecule has 34 heavy (non-hydrogen) atoms. The van der Waals surface area contributed by atoms with E-state index >= 15 is 0 Å². The van der Waals surface area contributed by atoms with Gasteiger partial charge >= 0.3 is 7.12 Å². The third-order valence-corrected chi connectivity index (χ3v) is 6.49. The Kier molecular flexibility index (Phi) is 9.54. The maximum atomic E-state index is 13.2. The molecule has 0 saturated carbocycles. The van der Waals surface area contributed by atoms with Crippen molar-refractivity contribution in [1.82, 2.24) is 10.6 Å². The van der Waals surface area contributed by atoms with Gasteiger partial charge in [-0.3, -0.25) is 9.59 Å². The summed E-state index contributed by atoms with van der Waals surface area (Å²) in [5.74, 6) is -0.710. The normalized spacial score (nSPS) is 16.6.